The van der Waals surface area contributed by atoms with Crippen molar-refractivity contribution in [2.75, 3.05) is 30.9 Å². The molecule has 1 aromatic heterocycles. The number of aryl methyl sites for hydroxylation is 1. The molecule has 0 atom stereocenters. The number of amides is 1. The third-order valence-electron chi connectivity index (χ3n) is 5.05. The largest absolute Gasteiger partial charge is 0.507 e. The summed E-state index contributed by atoms with van der Waals surface area (Å²) in [4.78, 5) is 18.2. The lowest BCUT2D eigenvalue weighted by Crippen LogP contribution is -2.40. The topological polar surface area (TPSA) is 132 Å². The third-order valence-corrected chi connectivity index (χ3v) is 5.05. The monoisotopic (exact) mass is 440 g/mol. The van der Waals surface area contributed by atoms with Gasteiger partial charge in [-0.1, -0.05) is 6.07 Å². The van der Waals surface area contributed by atoms with Crippen molar-refractivity contribution in [3.8, 4) is 17.0 Å². The number of nitrogen functional groups attached to an aromatic ring is 1. The van der Waals surface area contributed by atoms with Crippen LogP contribution in [0.5, 0.6) is 5.75 Å². The van der Waals surface area contributed by atoms with E-state index in [1.165, 1.54) is 24.3 Å². The second kappa shape index (κ2) is 9.63. The molecule has 0 aliphatic heterocycles. The predicted octanol–water partition coefficient (Wildman–Crippen LogP) is 2.33. The fourth-order valence-electron chi connectivity index (χ4n) is 3.19. The average Bonchev–Trinajstić information content (AvgIpc) is 2.77. The molecule has 0 spiro atoms. The number of nitrogens with one attached hydrogen (secondary N) is 1. The summed E-state index contributed by atoms with van der Waals surface area (Å²) in [5, 5.41) is 31.1. The van der Waals surface area contributed by atoms with E-state index in [4.69, 9.17) is 15.9 Å². The highest BCUT2D eigenvalue weighted by Crippen LogP contribution is 2.35. The lowest BCUT2D eigenvalue weighted by Gasteiger charge is -2.21. The van der Waals surface area contributed by atoms with Gasteiger partial charge in [-0.25, -0.2) is 9.37 Å². The zero-order valence-corrected chi connectivity index (χ0v) is 17.7. The number of aromatic hydroxyl groups is 1. The Labute approximate surface area is 184 Å². The normalized spacial score (nSPS) is 10.9. The van der Waals surface area contributed by atoms with E-state index in [-0.39, 0.29) is 22.9 Å². The number of pyridine rings is 1. The predicted molar refractivity (Wildman–Crippen MR) is 120 cm³/mol. The number of aromatic nitrogens is 1. The maximum atomic E-state index is 14.4. The second-order valence-corrected chi connectivity index (χ2v) is 7.38. The molecule has 0 aliphatic rings. The molecular weight excluding hydrogens is 415 g/mol. The van der Waals surface area contributed by atoms with Gasteiger partial charge in [-0.3, -0.25) is 4.79 Å². The Morgan fingerprint density at radius 1 is 1.16 bits per heavy atom. The van der Waals surface area contributed by atoms with Gasteiger partial charge < -0.3 is 31.3 Å². The van der Waals surface area contributed by atoms with E-state index in [2.05, 4.69) is 10.3 Å². The molecule has 8 nitrogen and oxygen atoms in total. The molecule has 0 bridgehead atoms. The lowest BCUT2D eigenvalue weighted by atomic mass is 10.1. The molecule has 0 radical (unpaired) electrons. The third kappa shape index (κ3) is 4.79. The standard InChI is InChI=1S/C23H25FN4O4/c1-13-3-7-20(18(24)9-13)28(2)15-4-8-21(31)17(10-15)19-6-5-16(22(25)27-19)23(32)26-14(11-29)12-30/h3-10,14,29-31H,11-12H2,1-2H3,(H2,25,27)(H,26,32). The number of phenols is 1. The maximum absolute atomic E-state index is 14.4. The number of hydrogen-bond acceptors (Lipinski definition) is 7. The van der Waals surface area contributed by atoms with Crippen LogP contribution in [0.15, 0.2) is 48.5 Å². The van der Waals surface area contributed by atoms with Crippen molar-refractivity contribution in [1.82, 2.24) is 10.3 Å². The summed E-state index contributed by atoms with van der Waals surface area (Å²) in [6, 6.07) is 11.8. The Morgan fingerprint density at radius 3 is 2.50 bits per heavy atom. The van der Waals surface area contributed by atoms with E-state index in [0.717, 1.165) is 5.56 Å². The first-order valence-corrected chi connectivity index (χ1v) is 9.87. The minimum Gasteiger partial charge on any atom is -0.507 e. The fourth-order valence-corrected chi connectivity index (χ4v) is 3.19. The fraction of sp³-hybridized carbons (Fsp3) is 0.217. The SMILES string of the molecule is Cc1ccc(N(C)c2ccc(O)c(-c3ccc(C(=O)NC(CO)CO)c(N)n3)c2)c(F)c1. The summed E-state index contributed by atoms with van der Waals surface area (Å²) in [5.74, 6) is -1.11. The maximum Gasteiger partial charge on any atom is 0.255 e. The Morgan fingerprint density at radius 2 is 1.88 bits per heavy atom. The Kier molecular flexibility index (Phi) is 6.92. The first kappa shape index (κ1) is 23.0. The highest BCUT2D eigenvalue weighted by molar-refractivity contribution is 5.99. The van der Waals surface area contributed by atoms with Gasteiger partial charge >= 0.3 is 0 Å². The van der Waals surface area contributed by atoms with Gasteiger partial charge in [0.15, 0.2) is 0 Å². The van der Waals surface area contributed by atoms with Crippen LogP contribution in [0.2, 0.25) is 0 Å². The van der Waals surface area contributed by atoms with Crippen molar-refractivity contribution in [3.63, 3.8) is 0 Å². The van der Waals surface area contributed by atoms with E-state index in [9.17, 15) is 14.3 Å². The number of carbonyl (C=O) groups is 1. The number of rotatable bonds is 7. The summed E-state index contributed by atoms with van der Waals surface area (Å²) in [7, 11) is 1.71. The summed E-state index contributed by atoms with van der Waals surface area (Å²) >= 11 is 0. The molecule has 9 heteroatoms. The number of nitrogens with two attached hydrogens (primary N) is 1. The van der Waals surface area contributed by atoms with E-state index in [0.29, 0.717) is 22.6 Å². The van der Waals surface area contributed by atoms with E-state index in [1.807, 2.05) is 0 Å². The number of aliphatic hydroxyl groups is 2. The van der Waals surface area contributed by atoms with Gasteiger partial charge in [0.05, 0.1) is 36.2 Å². The summed E-state index contributed by atoms with van der Waals surface area (Å²) < 4.78 is 14.4. The smallest absolute Gasteiger partial charge is 0.255 e. The molecule has 0 fully saturated rings. The molecule has 0 unspecified atom stereocenters. The molecular formula is C23H25FN4O4. The van der Waals surface area contributed by atoms with Crippen LogP contribution in [0.4, 0.5) is 21.6 Å². The molecule has 2 aromatic carbocycles. The number of anilines is 3. The van der Waals surface area contributed by atoms with E-state index in [1.54, 1.807) is 43.1 Å². The summed E-state index contributed by atoms with van der Waals surface area (Å²) in [6.07, 6.45) is 0. The first-order valence-electron chi connectivity index (χ1n) is 9.87. The van der Waals surface area contributed by atoms with Crippen LogP contribution < -0.4 is 16.0 Å². The van der Waals surface area contributed by atoms with E-state index >= 15 is 0 Å². The van der Waals surface area contributed by atoms with Crippen molar-refractivity contribution in [1.29, 1.82) is 0 Å². The number of hydrogen-bond donors (Lipinski definition) is 5. The van der Waals surface area contributed by atoms with E-state index < -0.39 is 25.2 Å². The molecule has 0 aliphatic carbocycles. The van der Waals surface area contributed by atoms with Gasteiger partial charge in [-0.2, -0.15) is 0 Å². The average molecular weight is 440 g/mol. The lowest BCUT2D eigenvalue weighted by molar-refractivity contribution is 0.0880. The second-order valence-electron chi connectivity index (χ2n) is 7.38. The van der Waals surface area contributed by atoms with Crippen LogP contribution in [0.1, 0.15) is 15.9 Å². The van der Waals surface area contributed by atoms with Crippen molar-refractivity contribution in [2.45, 2.75) is 13.0 Å². The Hall–Kier alpha value is -3.69. The van der Waals surface area contributed by atoms with Gasteiger partial charge in [0.1, 0.15) is 17.4 Å². The van der Waals surface area contributed by atoms with Gasteiger partial charge in [-0.05, 0) is 55.0 Å². The zero-order valence-electron chi connectivity index (χ0n) is 17.7. The number of carbonyl (C=O) groups excluding carboxylic acids is 1. The number of aliphatic hydroxyl groups excluding tert-OH is 2. The van der Waals surface area contributed by atoms with Crippen LogP contribution >= 0.6 is 0 Å². The number of phenolic OH excluding ortho intramolecular Hbond substituents is 1. The molecule has 168 valence electrons. The van der Waals surface area contributed by atoms with Crippen molar-refractivity contribution in [3.05, 3.63) is 65.5 Å². The van der Waals surface area contributed by atoms with Crippen molar-refractivity contribution >= 4 is 23.1 Å². The zero-order chi connectivity index (χ0) is 23.4. The molecule has 1 heterocycles. The molecule has 6 N–H and O–H groups in total. The first-order chi connectivity index (χ1) is 15.2. The Bertz CT molecular complexity index is 1130. The highest BCUT2D eigenvalue weighted by Gasteiger charge is 2.18. The molecule has 0 saturated carbocycles. The van der Waals surface area contributed by atoms with Crippen LogP contribution in [-0.2, 0) is 0 Å². The number of nitrogens with zero attached hydrogens (tertiary/aromatic N) is 2. The van der Waals surface area contributed by atoms with Crippen LogP contribution in [0.25, 0.3) is 11.3 Å². The van der Waals surface area contributed by atoms with Gasteiger partial charge in [-0.15, -0.1) is 0 Å². The molecule has 3 aromatic rings. The quantitative estimate of drug-likeness (QED) is 0.381. The van der Waals surface area contributed by atoms with Crippen LogP contribution in [0, 0.1) is 12.7 Å². The molecule has 0 saturated heterocycles. The summed E-state index contributed by atoms with van der Waals surface area (Å²) in [6.45, 7) is 0.951. The highest BCUT2D eigenvalue weighted by atomic mass is 19.1. The number of halogens is 1. The molecule has 1 amide bonds. The van der Waals surface area contributed by atoms with Gasteiger partial charge in [0.25, 0.3) is 5.91 Å². The summed E-state index contributed by atoms with van der Waals surface area (Å²) in [5.41, 5.74) is 8.47. The van der Waals surface area contributed by atoms with Crippen LogP contribution in [-0.4, -0.2) is 52.5 Å². The molecule has 32 heavy (non-hydrogen) atoms. The van der Waals surface area contributed by atoms with Gasteiger partial charge in [0.2, 0.25) is 0 Å². The minimum atomic E-state index is -0.819. The van der Waals surface area contributed by atoms with Crippen molar-refractivity contribution in [2.24, 2.45) is 0 Å². The van der Waals surface area contributed by atoms with Crippen molar-refractivity contribution < 1.29 is 24.5 Å². The van der Waals surface area contributed by atoms with Crippen LogP contribution in [0.3, 0.4) is 0 Å². The molecule has 3 rings (SSSR count). The number of benzene rings is 2. The minimum absolute atomic E-state index is 0.0590. The van der Waals surface area contributed by atoms with Gasteiger partial charge in [0, 0.05) is 18.3 Å². The Balaban J connectivity index is 1.93.